The molecule has 1 amide bonds. The molecule has 0 heterocycles. The van der Waals surface area contributed by atoms with Crippen LogP contribution in [-0.4, -0.2) is 36.8 Å². The number of para-hydroxylation sites is 1. The second-order valence-electron chi connectivity index (χ2n) is 5.27. The molecular weight excluding hydrogens is 392 g/mol. The van der Waals surface area contributed by atoms with Crippen LogP contribution >= 0.6 is 11.8 Å². The highest BCUT2D eigenvalue weighted by Crippen LogP contribution is 2.28. The van der Waals surface area contributed by atoms with Gasteiger partial charge >= 0.3 is 11.9 Å². The van der Waals surface area contributed by atoms with Crippen molar-refractivity contribution in [2.24, 2.45) is 0 Å². The Balaban J connectivity index is 2.00. The summed E-state index contributed by atoms with van der Waals surface area (Å²) in [6.07, 6.45) is 0. The van der Waals surface area contributed by atoms with Crippen molar-refractivity contribution in [2.45, 2.75) is 17.6 Å². The van der Waals surface area contributed by atoms with Crippen LogP contribution in [0.15, 0.2) is 53.4 Å². The molecule has 0 saturated carbocycles. The van der Waals surface area contributed by atoms with Gasteiger partial charge in [0.25, 0.3) is 11.7 Å². The van der Waals surface area contributed by atoms with Crippen LogP contribution < -0.4 is 5.32 Å². The number of benzene rings is 2. The molecule has 28 heavy (non-hydrogen) atoms. The van der Waals surface area contributed by atoms with Crippen molar-refractivity contribution in [1.82, 2.24) is 0 Å². The number of amides is 1. The minimum absolute atomic E-state index is 0.0514. The zero-order chi connectivity index (χ0) is 20.5. The van der Waals surface area contributed by atoms with E-state index in [0.29, 0.717) is 0 Å². The van der Waals surface area contributed by atoms with Crippen LogP contribution in [0.2, 0.25) is 0 Å². The third kappa shape index (κ3) is 6.05. The molecule has 0 aliphatic rings. The lowest BCUT2D eigenvalue weighted by atomic mass is 10.2. The van der Waals surface area contributed by atoms with Gasteiger partial charge in [-0.1, -0.05) is 36.0 Å². The highest BCUT2D eigenvalue weighted by molar-refractivity contribution is 7.99. The van der Waals surface area contributed by atoms with Gasteiger partial charge in [-0.15, -0.1) is 0 Å². The molecule has 0 saturated heterocycles. The summed E-state index contributed by atoms with van der Waals surface area (Å²) < 4.78 is 35.0. The maximum absolute atomic E-state index is 12.6. The van der Waals surface area contributed by atoms with Crippen LogP contribution in [0.5, 0.6) is 0 Å². The van der Waals surface area contributed by atoms with Gasteiger partial charge < -0.3 is 14.8 Å². The van der Waals surface area contributed by atoms with Gasteiger partial charge in [-0.25, -0.2) is 9.59 Å². The third-order valence-electron chi connectivity index (χ3n) is 3.35. The summed E-state index contributed by atoms with van der Waals surface area (Å²) in [5, 5.41) is 2.46. The van der Waals surface area contributed by atoms with Gasteiger partial charge in [0, 0.05) is 4.90 Å². The zero-order valence-corrected chi connectivity index (χ0v) is 15.6. The second-order valence-corrected chi connectivity index (χ2v) is 6.30. The fourth-order valence-electron chi connectivity index (χ4n) is 2.21. The molecule has 0 atom stereocenters. The van der Waals surface area contributed by atoms with E-state index in [1.54, 1.807) is 19.1 Å². The van der Waals surface area contributed by atoms with Crippen molar-refractivity contribution in [2.75, 3.05) is 18.5 Å². The van der Waals surface area contributed by atoms with E-state index >= 15 is 0 Å². The molecule has 2 rings (SSSR count). The second kappa shape index (κ2) is 10.4. The summed E-state index contributed by atoms with van der Waals surface area (Å²) in [5.74, 6) is -4.90. The van der Waals surface area contributed by atoms with E-state index in [1.165, 1.54) is 36.4 Å². The Morgan fingerprint density at radius 2 is 1.57 bits per heavy atom. The normalized spacial score (nSPS) is 10.4. The van der Waals surface area contributed by atoms with E-state index in [1.807, 2.05) is 0 Å². The largest absolute Gasteiger partial charge is 0.462 e. The van der Waals surface area contributed by atoms with Gasteiger partial charge in [-0.2, -0.15) is 8.78 Å². The summed E-state index contributed by atoms with van der Waals surface area (Å²) in [6, 6.07) is 11.9. The Kier molecular flexibility index (Phi) is 7.94. The number of carbonyl (C=O) groups excluding carboxylic acids is 3. The standard InChI is InChI=1S/C19H17F2NO5S/c1-2-26-17(24)12-7-3-5-9-14(12)22-16(23)11-27-18(25)13-8-4-6-10-15(13)28-19(20)21/h3-10,19H,2,11H2,1H3,(H,22,23). The first-order chi connectivity index (χ1) is 13.4. The van der Waals surface area contributed by atoms with E-state index in [9.17, 15) is 23.2 Å². The van der Waals surface area contributed by atoms with Crippen LogP contribution in [0.4, 0.5) is 14.5 Å². The van der Waals surface area contributed by atoms with Crippen LogP contribution in [0, 0.1) is 0 Å². The molecule has 0 spiro atoms. The van der Waals surface area contributed by atoms with Crippen molar-refractivity contribution >= 4 is 35.3 Å². The van der Waals surface area contributed by atoms with Crippen molar-refractivity contribution < 1.29 is 32.6 Å². The first-order valence-corrected chi connectivity index (χ1v) is 9.07. The smallest absolute Gasteiger partial charge is 0.340 e. The number of rotatable bonds is 8. The predicted molar refractivity (Wildman–Crippen MR) is 99.6 cm³/mol. The number of halogens is 2. The Labute approximate surface area is 164 Å². The molecular formula is C19H17F2NO5S. The molecule has 2 aromatic rings. The fourth-order valence-corrected chi connectivity index (χ4v) is 2.84. The Morgan fingerprint density at radius 1 is 0.964 bits per heavy atom. The maximum atomic E-state index is 12.6. The van der Waals surface area contributed by atoms with Gasteiger partial charge in [-0.3, -0.25) is 4.79 Å². The maximum Gasteiger partial charge on any atom is 0.340 e. The first kappa shape index (κ1) is 21.4. The summed E-state index contributed by atoms with van der Waals surface area (Å²) in [7, 11) is 0. The molecule has 0 aromatic heterocycles. The predicted octanol–water partition coefficient (Wildman–Crippen LogP) is 3.97. The Bertz CT molecular complexity index is 860. The molecule has 2 aromatic carbocycles. The monoisotopic (exact) mass is 409 g/mol. The number of esters is 2. The van der Waals surface area contributed by atoms with Gasteiger partial charge in [0.2, 0.25) is 0 Å². The molecule has 9 heteroatoms. The number of ether oxygens (including phenoxy) is 2. The molecule has 0 fully saturated rings. The van der Waals surface area contributed by atoms with Crippen LogP contribution in [0.1, 0.15) is 27.6 Å². The Hall–Kier alpha value is -2.94. The molecule has 6 nitrogen and oxygen atoms in total. The van der Waals surface area contributed by atoms with E-state index in [4.69, 9.17) is 9.47 Å². The van der Waals surface area contributed by atoms with E-state index in [0.717, 1.165) is 0 Å². The van der Waals surface area contributed by atoms with E-state index < -0.39 is 30.2 Å². The van der Waals surface area contributed by atoms with Crippen molar-refractivity contribution in [3.8, 4) is 0 Å². The van der Waals surface area contributed by atoms with E-state index in [2.05, 4.69) is 5.32 Å². The molecule has 148 valence electrons. The fraction of sp³-hybridized carbons (Fsp3) is 0.211. The lowest BCUT2D eigenvalue weighted by Gasteiger charge is -2.11. The number of anilines is 1. The lowest BCUT2D eigenvalue weighted by molar-refractivity contribution is -0.119. The van der Waals surface area contributed by atoms with Crippen LogP contribution in [0.3, 0.4) is 0 Å². The number of hydrogen-bond acceptors (Lipinski definition) is 6. The zero-order valence-electron chi connectivity index (χ0n) is 14.8. The van der Waals surface area contributed by atoms with Crippen LogP contribution in [-0.2, 0) is 14.3 Å². The summed E-state index contributed by atoms with van der Waals surface area (Å²) in [6.45, 7) is 1.18. The molecule has 0 aliphatic heterocycles. The number of nitrogens with one attached hydrogen (secondary N) is 1. The molecule has 0 aliphatic carbocycles. The number of hydrogen-bond donors (Lipinski definition) is 1. The summed E-state index contributed by atoms with van der Waals surface area (Å²) in [5.41, 5.74) is 0.297. The summed E-state index contributed by atoms with van der Waals surface area (Å²) >= 11 is 0.214. The number of carbonyl (C=O) groups is 3. The number of thioether (sulfide) groups is 1. The molecule has 0 radical (unpaired) electrons. The molecule has 1 N–H and O–H groups in total. The topological polar surface area (TPSA) is 81.7 Å². The highest BCUT2D eigenvalue weighted by atomic mass is 32.2. The third-order valence-corrected chi connectivity index (χ3v) is 4.14. The average Bonchev–Trinajstić information content (AvgIpc) is 2.66. The van der Waals surface area contributed by atoms with Gasteiger partial charge in [0.1, 0.15) is 0 Å². The van der Waals surface area contributed by atoms with Gasteiger partial charge in [-0.05, 0) is 31.2 Å². The molecule has 0 unspecified atom stereocenters. The number of alkyl halides is 2. The minimum atomic E-state index is -2.70. The highest BCUT2D eigenvalue weighted by Gasteiger charge is 2.18. The van der Waals surface area contributed by atoms with Crippen molar-refractivity contribution in [3.05, 3.63) is 59.7 Å². The van der Waals surface area contributed by atoms with Gasteiger partial charge in [0.05, 0.1) is 23.4 Å². The summed E-state index contributed by atoms with van der Waals surface area (Å²) in [4.78, 5) is 36.2. The first-order valence-electron chi connectivity index (χ1n) is 8.19. The van der Waals surface area contributed by atoms with Crippen molar-refractivity contribution in [1.29, 1.82) is 0 Å². The van der Waals surface area contributed by atoms with Gasteiger partial charge in [0.15, 0.2) is 6.61 Å². The lowest BCUT2D eigenvalue weighted by Crippen LogP contribution is -2.22. The SMILES string of the molecule is CCOC(=O)c1ccccc1NC(=O)COC(=O)c1ccccc1SC(F)F. The Morgan fingerprint density at radius 3 is 2.25 bits per heavy atom. The molecule has 0 bridgehead atoms. The minimum Gasteiger partial charge on any atom is -0.462 e. The average molecular weight is 409 g/mol. The van der Waals surface area contributed by atoms with E-state index in [-0.39, 0.29) is 40.1 Å². The van der Waals surface area contributed by atoms with Crippen LogP contribution in [0.25, 0.3) is 0 Å². The quantitative estimate of drug-likeness (QED) is 0.525. The van der Waals surface area contributed by atoms with Crippen molar-refractivity contribution in [3.63, 3.8) is 0 Å².